The van der Waals surface area contributed by atoms with E-state index in [0.29, 0.717) is 47.2 Å². The first kappa shape index (κ1) is 34.7. The topological polar surface area (TPSA) is 141 Å². The zero-order chi connectivity index (χ0) is 33.1. The lowest BCUT2D eigenvalue weighted by Gasteiger charge is -2.35. The summed E-state index contributed by atoms with van der Waals surface area (Å²) in [5, 5.41) is 9.51. The largest absolute Gasteiger partial charge is 0.493 e. The van der Waals surface area contributed by atoms with E-state index in [1.807, 2.05) is 32.9 Å². The van der Waals surface area contributed by atoms with Crippen molar-refractivity contribution in [2.45, 2.75) is 65.0 Å². The minimum atomic E-state index is -1.10. The molecule has 244 valence electrons. The van der Waals surface area contributed by atoms with E-state index in [1.54, 1.807) is 51.5 Å². The molecule has 0 radical (unpaired) electrons. The molecule has 2 aromatic carbocycles. The quantitative estimate of drug-likeness (QED) is 0.229. The Hall–Kier alpha value is -4.74. The molecule has 0 unspecified atom stereocenters. The summed E-state index contributed by atoms with van der Waals surface area (Å²) in [6.45, 7) is 7.65. The first-order valence-corrected chi connectivity index (χ1v) is 14.7. The van der Waals surface area contributed by atoms with Crippen molar-refractivity contribution < 1.29 is 37.9 Å². The van der Waals surface area contributed by atoms with Gasteiger partial charge in [0.2, 0.25) is 17.7 Å². The van der Waals surface area contributed by atoms with Crippen LogP contribution in [0.4, 0.5) is 5.82 Å². The van der Waals surface area contributed by atoms with Crippen LogP contribution in [0.3, 0.4) is 0 Å². The van der Waals surface area contributed by atoms with Gasteiger partial charge in [0.15, 0.2) is 28.8 Å². The highest BCUT2D eigenvalue weighted by atomic mass is 16.5. The number of hydrogen-bond acceptors (Lipinski definition) is 9. The summed E-state index contributed by atoms with van der Waals surface area (Å²) in [4.78, 5) is 42.5. The molecule has 0 aliphatic rings. The summed E-state index contributed by atoms with van der Waals surface area (Å²) in [6.07, 6.45) is 0.731. The summed E-state index contributed by atoms with van der Waals surface area (Å²) in [7, 11) is 6.10. The van der Waals surface area contributed by atoms with Gasteiger partial charge in [-0.3, -0.25) is 14.4 Å². The van der Waals surface area contributed by atoms with Crippen LogP contribution in [0.5, 0.6) is 23.0 Å². The number of aryl methyl sites for hydroxylation is 1. The van der Waals surface area contributed by atoms with Crippen molar-refractivity contribution >= 4 is 23.5 Å². The highest BCUT2D eigenvalue weighted by Crippen LogP contribution is 2.38. The molecule has 12 nitrogen and oxygen atoms in total. The lowest BCUT2D eigenvalue weighted by atomic mass is 9.97. The second kappa shape index (κ2) is 15.8. The van der Waals surface area contributed by atoms with E-state index >= 15 is 0 Å². The fourth-order valence-corrected chi connectivity index (χ4v) is 4.75. The van der Waals surface area contributed by atoms with Gasteiger partial charge in [-0.1, -0.05) is 30.3 Å². The number of rotatable bonds is 16. The number of ether oxygens (including phenoxy) is 4. The van der Waals surface area contributed by atoms with Crippen LogP contribution < -0.4 is 29.6 Å². The van der Waals surface area contributed by atoms with Crippen LogP contribution in [0.2, 0.25) is 0 Å². The Labute approximate surface area is 264 Å². The predicted molar refractivity (Wildman–Crippen MR) is 169 cm³/mol. The maximum Gasteiger partial charge on any atom is 0.248 e. The van der Waals surface area contributed by atoms with E-state index in [0.717, 1.165) is 5.56 Å². The van der Waals surface area contributed by atoms with Crippen LogP contribution in [0.1, 0.15) is 63.0 Å². The first-order valence-electron chi connectivity index (χ1n) is 14.7. The van der Waals surface area contributed by atoms with Gasteiger partial charge in [0.25, 0.3) is 0 Å². The second-order valence-electron chi connectivity index (χ2n) is 11.1. The molecule has 1 aromatic heterocycles. The first-order chi connectivity index (χ1) is 21.5. The van der Waals surface area contributed by atoms with Crippen molar-refractivity contribution in [3.05, 3.63) is 59.4 Å². The molecule has 0 spiro atoms. The van der Waals surface area contributed by atoms with Gasteiger partial charge < -0.3 is 39.0 Å². The number of para-hydroxylation sites is 1. The number of hydrogen-bond donors (Lipinski definition) is 2. The SMILES string of the molecule is CCC(C)(C)NC(=O)[C@@H](c1cccc(OC)c1OC)N(CCc1ccc(OC)c(OC)c1)C(=O)CCC(=O)Nc1cc(C)on1. The van der Waals surface area contributed by atoms with Gasteiger partial charge in [0, 0.05) is 36.6 Å². The van der Waals surface area contributed by atoms with Crippen molar-refractivity contribution in [3.8, 4) is 23.0 Å². The molecule has 3 aromatic rings. The van der Waals surface area contributed by atoms with E-state index in [2.05, 4.69) is 15.8 Å². The minimum Gasteiger partial charge on any atom is -0.493 e. The number of methoxy groups -OCH3 is 4. The summed E-state index contributed by atoms with van der Waals surface area (Å²) in [5.41, 5.74) is 0.745. The van der Waals surface area contributed by atoms with Gasteiger partial charge in [-0.05, 0) is 57.4 Å². The Bertz CT molecular complexity index is 1470. The van der Waals surface area contributed by atoms with Crippen LogP contribution in [0, 0.1) is 6.92 Å². The van der Waals surface area contributed by atoms with Crippen molar-refractivity contribution in [1.29, 1.82) is 0 Å². The molecule has 0 fully saturated rings. The number of nitrogens with one attached hydrogen (secondary N) is 2. The lowest BCUT2D eigenvalue weighted by molar-refractivity contribution is -0.142. The molecule has 45 heavy (non-hydrogen) atoms. The number of amides is 3. The molecule has 3 amide bonds. The van der Waals surface area contributed by atoms with Crippen LogP contribution in [0.25, 0.3) is 0 Å². The van der Waals surface area contributed by atoms with E-state index in [9.17, 15) is 14.4 Å². The van der Waals surface area contributed by atoms with Gasteiger partial charge >= 0.3 is 0 Å². The Balaban J connectivity index is 2.03. The van der Waals surface area contributed by atoms with Gasteiger partial charge in [-0.2, -0.15) is 0 Å². The van der Waals surface area contributed by atoms with Gasteiger partial charge in [-0.25, -0.2) is 0 Å². The lowest BCUT2D eigenvalue weighted by Crippen LogP contribution is -2.50. The molecular formula is C33H44N4O8. The standard InChI is InChI=1S/C33H44N4O8/c1-9-33(3,4)35-32(40)30(23-11-10-12-25(42-6)31(23)44-8)37(18-17-22-13-14-24(41-5)26(20-22)43-7)29(39)16-15-28(38)34-27-19-21(2)45-36-27/h10-14,19-20,30H,9,15-18H2,1-8H3,(H,35,40)(H,34,36,38)/t30-/m1/s1. The summed E-state index contributed by atoms with van der Waals surface area (Å²) < 4.78 is 27.1. The molecule has 12 heteroatoms. The summed E-state index contributed by atoms with van der Waals surface area (Å²) in [5.74, 6) is 1.45. The van der Waals surface area contributed by atoms with E-state index < -0.39 is 29.3 Å². The van der Waals surface area contributed by atoms with E-state index in [-0.39, 0.29) is 25.2 Å². The number of carbonyl (C=O) groups is 3. The molecule has 0 aliphatic heterocycles. The molecule has 2 N–H and O–H groups in total. The van der Waals surface area contributed by atoms with Gasteiger partial charge in [-0.15, -0.1) is 0 Å². The number of aromatic nitrogens is 1. The van der Waals surface area contributed by atoms with Crippen molar-refractivity contribution in [2.24, 2.45) is 0 Å². The molecular weight excluding hydrogens is 580 g/mol. The van der Waals surface area contributed by atoms with Crippen molar-refractivity contribution in [3.63, 3.8) is 0 Å². The number of benzene rings is 2. The molecule has 1 atom stereocenters. The van der Waals surface area contributed by atoms with Gasteiger partial charge in [0.05, 0.1) is 28.4 Å². The summed E-state index contributed by atoms with van der Waals surface area (Å²) >= 11 is 0. The Morgan fingerprint density at radius 3 is 2.24 bits per heavy atom. The highest BCUT2D eigenvalue weighted by Gasteiger charge is 2.36. The fraction of sp³-hybridized carbons (Fsp3) is 0.455. The number of carbonyl (C=O) groups excluding carboxylic acids is 3. The predicted octanol–water partition coefficient (Wildman–Crippen LogP) is 4.85. The zero-order valence-corrected chi connectivity index (χ0v) is 27.3. The van der Waals surface area contributed by atoms with Crippen LogP contribution in [0.15, 0.2) is 47.0 Å². The maximum atomic E-state index is 14.2. The van der Waals surface area contributed by atoms with Crippen LogP contribution >= 0.6 is 0 Å². The van der Waals surface area contributed by atoms with E-state index in [4.69, 9.17) is 23.5 Å². The number of anilines is 1. The molecule has 0 saturated carbocycles. The monoisotopic (exact) mass is 624 g/mol. The Kier molecular flexibility index (Phi) is 12.2. The normalized spacial score (nSPS) is 11.7. The molecule has 0 bridgehead atoms. The van der Waals surface area contributed by atoms with Crippen LogP contribution in [-0.4, -0.2) is 68.3 Å². The Morgan fingerprint density at radius 2 is 1.64 bits per heavy atom. The third-order valence-corrected chi connectivity index (χ3v) is 7.50. The smallest absolute Gasteiger partial charge is 0.248 e. The summed E-state index contributed by atoms with van der Waals surface area (Å²) in [6, 6.07) is 11.2. The van der Waals surface area contributed by atoms with E-state index in [1.165, 1.54) is 19.1 Å². The average Bonchev–Trinajstić information content (AvgIpc) is 3.44. The fourth-order valence-electron chi connectivity index (χ4n) is 4.75. The third kappa shape index (κ3) is 9.13. The van der Waals surface area contributed by atoms with Crippen LogP contribution in [-0.2, 0) is 20.8 Å². The highest BCUT2D eigenvalue weighted by molar-refractivity contribution is 5.94. The van der Waals surface area contributed by atoms with Gasteiger partial charge in [0.1, 0.15) is 11.8 Å². The molecule has 1 heterocycles. The van der Waals surface area contributed by atoms with Crippen molar-refractivity contribution in [1.82, 2.24) is 15.4 Å². The Morgan fingerprint density at radius 1 is 0.933 bits per heavy atom. The number of nitrogens with zero attached hydrogens (tertiary/aromatic N) is 2. The molecule has 0 saturated heterocycles. The molecule has 3 rings (SSSR count). The minimum absolute atomic E-state index is 0.137. The zero-order valence-electron chi connectivity index (χ0n) is 27.3. The maximum absolute atomic E-state index is 14.2. The molecule has 0 aliphatic carbocycles. The third-order valence-electron chi connectivity index (χ3n) is 7.50. The second-order valence-corrected chi connectivity index (χ2v) is 11.1. The van der Waals surface area contributed by atoms with Crippen molar-refractivity contribution in [2.75, 3.05) is 40.3 Å². The average molecular weight is 625 g/mol.